The van der Waals surface area contributed by atoms with E-state index in [0.29, 0.717) is 23.0 Å². The van der Waals surface area contributed by atoms with Crippen LogP contribution in [0.4, 0.5) is 4.39 Å². The van der Waals surface area contributed by atoms with Gasteiger partial charge < -0.3 is 14.4 Å². The third-order valence-electron chi connectivity index (χ3n) is 4.83. The van der Waals surface area contributed by atoms with Crippen LogP contribution in [-0.4, -0.2) is 29.9 Å². The lowest BCUT2D eigenvalue weighted by molar-refractivity contribution is 0.0779. The quantitative estimate of drug-likeness (QED) is 0.395. The number of amides is 1. The molecule has 0 bridgehead atoms. The molecule has 1 heterocycles. The number of ether oxygens (including phenoxy) is 2. The Morgan fingerprint density at radius 3 is 2.52 bits per heavy atom. The van der Waals surface area contributed by atoms with Gasteiger partial charge in [-0.3, -0.25) is 4.79 Å². The van der Waals surface area contributed by atoms with Crippen molar-refractivity contribution in [2.24, 2.45) is 0 Å². The van der Waals surface area contributed by atoms with Gasteiger partial charge in [0.2, 0.25) is 0 Å². The predicted molar refractivity (Wildman–Crippen MR) is 119 cm³/mol. The summed E-state index contributed by atoms with van der Waals surface area (Å²) in [5, 5.41) is 4.59. The molecule has 4 rings (SSSR count). The highest BCUT2D eigenvalue weighted by Gasteiger charge is 2.16. The molecule has 0 aliphatic carbocycles. The molecular weight excluding hydrogens is 415 g/mol. The van der Waals surface area contributed by atoms with Crippen LogP contribution < -0.4 is 9.47 Å². The van der Waals surface area contributed by atoms with Gasteiger partial charge in [-0.25, -0.2) is 9.37 Å². The Hall–Kier alpha value is -3.45. The van der Waals surface area contributed by atoms with Crippen LogP contribution in [0.1, 0.15) is 21.1 Å². The number of nitrogens with zero attached hydrogens (tertiary/aromatic N) is 2. The van der Waals surface area contributed by atoms with E-state index in [1.807, 2.05) is 30.3 Å². The Labute approximate surface area is 183 Å². The number of carbonyl (C=O) groups excluding carboxylic acids is 1. The molecule has 0 spiro atoms. The minimum Gasteiger partial charge on any atom is -0.497 e. The molecule has 1 aromatic heterocycles. The number of hydrogen-bond acceptors (Lipinski definition) is 5. The van der Waals surface area contributed by atoms with Crippen molar-refractivity contribution in [3.8, 4) is 11.5 Å². The average molecular weight is 437 g/mol. The highest BCUT2D eigenvalue weighted by molar-refractivity contribution is 7.09. The molecule has 0 saturated carbocycles. The number of benzene rings is 3. The van der Waals surface area contributed by atoms with Crippen LogP contribution in [-0.2, 0) is 13.2 Å². The van der Waals surface area contributed by atoms with Gasteiger partial charge in [0.05, 0.1) is 7.11 Å². The summed E-state index contributed by atoms with van der Waals surface area (Å²) >= 11 is 1.36. The molecule has 0 aliphatic heterocycles. The smallest absolute Gasteiger partial charge is 0.273 e. The van der Waals surface area contributed by atoms with Gasteiger partial charge >= 0.3 is 0 Å². The van der Waals surface area contributed by atoms with Gasteiger partial charge in [0.25, 0.3) is 5.91 Å². The van der Waals surface area contributed by atoms with Crippen LogP contribution in [0.25, 0.3) is 10.8 Å². The fourth-order valence-electron chi connectivity index (χ4n) is 3.19. The van der Waals surface area contributed by atoms with Gasteiger partial charge in [-0.15, -0.1) is 11.3 Å². The standard InChI is InChI=1S/C24H21FN2O3S/c1-27(13-16-3-4-18-12-21(29-2)8-5-17(18)11-16)24(28)22-15-31-23(26-22)14-30-20-9-6-19(25)7-10-20/h3-12,15H,13-14H2,1-2H3. The summed E-state index contributed by atoms with van der Waals surface area (Å²) in [4.78, 5) is 18.8. The lowest BCUT2D eigenvalue weighted by Crippen LogP contribution is -2.26. The molecule has 0 aliphatic rings. The molecule has 7 heteroatoms. The topological polar surface area (TPSA) is 51.7 Å². The first-order valence-corrected chi connectivity index (χ1v) is 10.5. The summed E-state index contributed by atoms with van der Waals surface area (Å²) in [6, 6.07) is 17.8. The summed E-state index contributed by atoms with van der Waals surface area (Å²) < 4.78 is 23.8. The van der Waals surface area contributed by atoms with Crippen LogP contribution in [0.5, 0.6) is 11.5 Å². The van der Waals surface area contributed by atoms with Gasteiger partial charge in [-0.2, -0.15) is 0 Å². The average Bonchev–Trinajstić information content (AvgIpc) is 3.26. The maximum absolute atomic E-state index is 13.0. The number of hydrogen-bond donors (Lipinski definition) is 0. The van der Waals surface area contributed by atoms with Crippen molar-refractivity contribution < 1.29 is 18.7 Å². The summed E-state index contributed by atoms with van der Waals surface area (Å²) in [6.45, 7) is 0.696. The fraction of sp³-hybridized carbons (Fsp3) is 0.167. The second-order valence-electron chi connectivity index (χ2n) is 7.08. The molecule has 0 unspecified atom stereocenters. The first kappa shape index (κ1) is 20.8. The van der Waals surface area contributed by atoms with E-state index in [2.05, 4.69) is 11.1 Å². The molecule has 0 radical (unpaired) electrons. The van der Waals surface area contributed by atoms with E-state index in [1.54, 1.807) is 36.6 Å². The predicted octanol–water partition coefficient (Wildman–Crippen LogP) is 5.30. The Bertz CT molecular complexity index is 1210. The first-order valence-electron chi connectivity index (χ1n) is 9.67. The van der Waals surface area contributed by atoms with Gasteiger partial charge in [-0.1, -0.05) is 18.2 Å². The number of aromatic nitrogens is 1. The van der Waals surface area contributed by atoms with Crippen molar-refractivity contribution in [1.29, 1.82) is 0 Å². The van der Waals surface area contributed by atoms with Gasteiger partial charge in [-0.05, 0) is 58.8 Å². The van der Waals surface area contributed by atoms with E-state index in [4.69, 9.17) is 9.47 Å². The summed E-state index contributed by atoms with van der Waals surface area (Å²) in [7, 11) is 3.41. The number of rotatable bonds is 7. The molecular formula is C24H21FN2O3S. The Balaban J connectivity index is 1.39. The third kappa shape index (κ3) is 5.00. The lowest BCUT2D eigenvalue weighted by atomic mass is 10.1. The Morgan fingerprint density at radius 2 is 1.74 bits per heavy atom. The van der Waals surface area contributed by atoms with Crippen molar-refractivity contribution in [3.05, 3.63) is 88.1 Å². The summed E-state index contributed by atoms with van der Waals surface area (Å²) in [5.74, 6) is 0.897. The molecule has 0 atom stereocenters. The van der Waals surface area contributed by atoms with Crippen molar-refractivity contribution in [2.45, 2.75) is 13.2 Å². The molecule has 0 fully saturated rings. The Morgan fingerprint density at radius 1 is 1.03 bits per heavy atom. The molecule has 5 nitrogen and oxygen atoms in total. The first-order chi connectivity index (χ1) is 15.0. The van der Waals surface area contributed by atoms with E-state index >= 15 is 0 Å². The largest absolute Gasteiger partial charge is 0.497 e. The van der Waals surface area contributed by atoms with E-state index < -0.39 is 0 Å². The van der Waals surface area contributed by atoms with Crippen molar-refractivity contribution in [1.82, 2.24) is 9.88 Å². The minimum absolute atomic E-state index is 0.154. The highest BCUT2D eigenvalue weighted by atomic mass is 32.1. The molecule has 3 aromatic carbocycles. The molecule has 158 valence electrons. The minimum atomic E-state index is -0.316. The zero-order valence-corrected chi connectivity index (χ0v) is 18.0. The zero-order chi connectivity index (χ0) is 21.8. The highest BCUT2D eigenvalue weighted by Crippen LogP contribution is 2.23. The number of fused-ring (bicyclic) bond motifs is 1. The number of halogens is 1. The van der Waals surface area contributed by atoms with Gasteiger partial charge in [0.1, 0.15) is 34.6 Å². The van der Waals surface area contributed by atoms with E-state index in [-0.39, 0.29) is 18.3 Å². The molecule has 1 amide bonds. The van der Waals surface area contributed by atoms with Gasteiger partial charge in [0.15, 0.2) is 0 Å². The summed E-state index contributed by atoms with van der Waals surface area (Å²) in [6.07, 6.45) is 0. The maximum Gasteiger partial charge on any atom is 0.273 e. The van der Waals surface area contributed by atoms with Crippen molar-refractivity contribution in [3.63, 3.8) is 0 Å². The molecule has 31 heavy (non-hydrogen) atoms. The van der Waals surface area contributed by atoms with Gasteiger partial charge in [0, 0.05) is 19.0 Å². The van der Waals surface area contributed by atoms with E-state index in [9.17, 15) is 9.18 Å². The SMILES string of the molecule is COc1ccc2cc(CN(C)C(=O)c3csc(COc4ccc(F)cc4)n3)ccc2c1. The van der Waals surface area contributed by atoms with Crippen LogP contribution in [0, 0.1) is 5.82 Å². The third-order valence-corrected chi connectivity index (χ3v) is 5.65. The summed E-state index contributed by atoms with van der Waals surface area (Å²) in [5.41, 5.74) is 1.42. The van der Waals surface area contributed by atoms with E-state index in [0.717, 1.165) is 22.1 Å². The number of carbonyl (C=O) groups is 1. The van der Waals surface area contributed by atoms with Crippen LogP contribution in [0.15, 0.2) is 66.0 Å². The molecule has 4 aromatic rings. The van der Waals surface area contributed by atoms with Crippen molar-refractivity contribution >= 4 is 28.0 Å². The monoisotopic (exact) mass is 436 g/mol. The molecule has 0 saturated heterocycles. The van der Waals surface area contributed by atoms with E-state index in [1.165, 1.54) is 23.5 Å². The zero-order valence-electron chi connectivity index (χ0n) is 17.2. The normalized spacial score (nSPS) is 10.8. The van der Waals surface area contributed by atoms with Crippen LogP contribution >= 0.6 is 11.3 Å². The number of thiazole rings is 1. The fourth-order valence-corrected chi connectivity index (χ4v) is 3.87. The Kier molecular flexibility index (Phi) is 6.13. The van der Waals surface area contributed by atoms with Crippen LogP contribution in [0.3, 0.4) is 0 Å². The van der Waals surface area contributed by atoms with Crippen molar-refractivity contribution in [2.75, 3.05) is 14.2 Å². The lowest BCUT2D eigenvalue weighted by Gasteiger charge is -2.16. The maximum atomic E-state index is 13.0. The van der Waals surface area contributed by atoms with Crippen LogP contribution in [0.2, 0.25) is 0 Å². The molecule has 0 N–H and O–H groups in total. The second kappa shape index (κ2) is 9.14. The second-order valence-corrected chi connectivity index (χ2v) is 8.02. The number of methoxy groups -OCH3 is 1.